The molecule has 1 unspecified atom stereocenters. The number of aliphatic hydroxyl groups excluding tert-OH is 1. The molecule has 0 fully saturated rings. The first-order chi connectivity index (χ1) is 11.0. The number of amides is 1. The van der Waals surface area contributed by atoms with Crippen molar-refractivity contribution in [3.05, 3.63) is 48.5 Å². The van der Waals surface area contributed by atoms with Gasteiger partial charge in [-0.05, 0) is 24.3 Å². The average molecular weight is 320 g/mol. The van der Waals surface area contributed by atoms with Crippen LogP contribution in [0.15, 0.2) is 48.5 Å². The molecule has 2 aromatic carbocycles. The number of carbonyl (C=O) groups excluding carboxylic acids is 1. The minimum absolute atomic E-state index is 0.00233. The van der Waals surface area contributed by atoms with Crippen molar-refractivity contribution >= 4 is 6.09 Å². The van der Waals surface area contributed by atoms with Crippen molar-refractivity contribution in [3.8, 4) is 23.0 Å². The Kier molecular flexibility index (Phi) is 5.61. The summed E-state index contributed by atoms with van der Waals surface area (Å²) in [6.07, 6.45) is -2.16. The van der Waals surface area contributed by atoms with Gasteiger partial charge in [0, 0.05) is 12.1 Å². The van der Waals surface area contributed by atoms with Gasteiger partial charge in [-0.15, -0.1) is 0 Å². The van der Waals surface area contributed by atoms with E-state index in [4.69, 9.17) is 9.47 Å². The van der Waals surface area contributed by atoms with Gasteiger partial charge in [0.05, 0.1) is 6.67 Å². The molecule has 122 valence electrons. The number of phenolic OH excluding ortho intramolecular Hbond substituents is 2. The molecular weight excluding hydrogens is 304 g/mol. The number of phenols is 2. The second kappa shape index (κ2) is 7.87. The summed E-state index contributed by atoms with van der Waals surface area (Å²) < 4.78 is 9.98. The second-order valence-corrected chi connectivity index (χ2v) is 4.41. The van der Waals surface area contributed by atoms with Crippen molar-refractivity contribution in [1.82, 2.24) is 10.6 Å². The smallest absolute Gasteiger partial charge is 0.413 e. The zero-order valence-corrected chi connectivity index (χ0v) is 12.0. The van der Waals surface area contributed by atoms with E-state index in [0.29, 0.717) is 0 Å². The molecule has 0 radical (unpaired) electrons. The van der Waals surface area contributed by atoms with Gasteiger partial charge in [-0.1, -0.05) is 12.1 Å². The Balaban J connectivity index is 1.70. The molecule has 0 aliphatic rings. The minimum Gasteiger partial charge on any atom is -0.508 e. The lowest BCUT2D eigenvalue weighted by molar-refractivity contribution is -0.0444. The van der Waals surface area contributed by atoms with E-state index in [2.05, 4.69) is 10.6 Å². The van der Waals surface area contributed by atoms with Crippen LogP contribution in [0.1, 0.15) is 0 Å². The maximum absolute atomic E-state index is 11.5. The van der Waals surface area contributed by atoms with Gasteiger partial charge in [-0.25, -0.2) is 10.1 Å². The van der Waals surface area contributed by atoms with Crippen molar-refractivity contribution in [3.63, 3.8) is 0 Å². The molecule has 2 aromatic rings. The molecule has 5 N–H and O–H groups in total. The predicted molar refractivity (Wildman–Crippen MR) is 80.0 cm³/mol. The van der Waals surface area contributed by atoms with Gasteiger partial charge in [-0.3, -0.25) is 0 Å². The van der Waals surface area contributed by atoms with Crippen LogP contribution >= 0.6 is 0 Å². The number of carbonyl (C=O) groups is 1. The van der Waals surface area contributed by atoms with Gasteiger partial charge in [0.15, 0.2) is 0 Å². The first kappa shape index (κ1) is 16.4. The SMILES string of the molecule is O=C(NCNC(O)Oc1cccc(O)c1)Oc1cccc(O)c1. The fourth-order valence-corrected chi connectivity index (χ4v) is 1.63. The molecule has 23 heavy (non-hydrogen) atoms. The highest BCUT2D eigenvalue weighted by molar-refractivity contribution is 5.70. The summed E-state index contributed by atoms with van der Waals surface area (Å²) in [5.41, 5.74) is 0. The zero-order chi connectivity index (χ0) is 16.7. The van der Waals surface area contributed by atoms with Crippen molar-refractivity contribution in [2.75, 3.05) is 6.67 Å². The van der Waals surface area contributed by atoms with Gasteiger partial charge in [0.1, 0.15) is 23.0 Å². The van der Waals surface area contributed by atoms with E-state index >= 15 is 0 Å². The molecule has 0 saturated heterocycles. The monoisotopic (exact) mass is 320 g/mol. The molecule has 0 aliphatic carbocycles. The Morgan fingerprint density at radius 3 is 2.30 bits per heavy atom. The number of aliphatic hydroxyl groups is 1. The van der Waals surface area contributed by atoms with Crippen LogP contribution < -0.4 is 20.1 Å². The van der Waals surface area contributed by atoms with E-state index in [0.717, 1.165) is 0 Å². The average Bonchev–Trinajstić information content (AvgIpc) is 2.47. The highest BCUT2D eigenvalue weighted by atomic mass is 16.6. The van der Waals surface area contributed by atoms with Crippen LogP contribution in [0.2, 0.25) is 0 Å². The lowest BCUT2D eigenvalue weighted by atomic mass is 10.3. The molecule has 1 amide bonds. The highest BCUT2D eigenvalue weighted by Gasteiger charge is 2.08. The molecule has 0 heterocycles. The second-order valence-electron chi connectivity index (χ2n) is 4.41. The van der Waals surface area contributed by atoms with Crippen molar-refractivity contribution in [2.24, 2.45) is 0 Å². The number of aromatic hydroxyl groups is 2. The van der Waals surface area contributed by atoms with E-state index < -0.39 is 12.5 Å². The maximum atomic E-state index is 11.5. The van der Waals surface area contributed by atoms with Crippen LogP contribution in [0.4, 0.5) is 4.79 Å². The third-order valence-corrected chi connectivity index (χ3v) is 2.60. The van der Waals surface area contributed by atoms with E-state index in [-0.39, 0.29) is 29.7 Å². The van der Waals surface area contributed by atoms with Gasteiger partial charge in [-0.2, -0.15) is 0 Å². The molecular formula is C15H16N2O6. The third kappa shape index (κ3) is 5.73. The normalized spacial score (nSPS) is 11.5. The number of nitrogens with one attached hydrogen (secondary N) is 2. The minimum atomic E-state index is -1.39. The van der Waals surface area contributed by atoms with Crippen LogP contribution in [-0.4, -0.2) is 34.5 Å². The summed E-state index contributed by atoms with van der Waals surface area (Å²) >= 11 is 0. The predicted octanol–water partition coefficient (Wildman–Crippen LogP) is 1.09. The number of ether oxygens (including phenoxy) is 2. The molecule has 8 nitrogen and oxygen atoms in total. The summed E-state index contributed by atoms with van der Waals surface area (Å²) in [6.45, 7) is -0.127. The molecule has 0 aliphatic heterocycles. The first-order valence-corrected chi connectivity index (χ1v) is 6.65. The zero-order valence-electron chi connectivity index (χ0n) is 12.0. The van der Waals surface area contributed by atoms with Gasteiger partial charge >= 0.3 is 6.09 Å². The van der Waals surface area contributed by atoms with Crippen LogP contribution in [0.5, 0.6) is 23.0 Å². The van der Waals surface area contributed by atoms with Gasteiger partial charge in [0.25, 0.3) is 6.41 Å². The molecule has 8 heteroatoms. The Hall–Kier alpha value is -2.97. The van der Waals surface area contributed by atoms with Gasteiger partial charge < -0.3 is 30.1 Å². The number of benzene rings is 2. The quantitative estimate of drug-likeness (QED) is 0.505. The van der Waals surface area contributed by atoms with Crippen molar-refractivity contribution in [1.29, 1.82) is 0 Å². The number of hydrogen-bond acceptors (Lipinski definition) is 7. The van der Waals surface area contributed by atoms with Crippen LogP contribution in [-0.2, 0) is 0 Å². The van der Waals surface area contributed by atoms with Crippen molar-refractivity contribution in [2.45, 2.75) is 6.41 Å². The van der Waals surface area contributed by atoms with E-state index in [1.807, 2.05) is 0 Å². The molecule has 0 saturated carbocycles. The van der Waals surface area contributed by atoms with Crippen LogP contribution in [0.25, 0.3) is 0 Å². The Labute approximate surface area is 131 Å². The molecule has 0 spiro atoms. The summed E-state index contributed by atoms with van der Waals surface area (Å²) in [5, 5.41) is 32.9. The Bertz CT molecular complexity index is 664. The molecule has 2 rings (SSSR count). The topological polar surface area (TPSA) is 120 Å². The highest BCUT2D eigenvalue weighted by Crippen LogP contribution is 2.18. The lowest BCUT2D eigenvalue weighted by Crippen LogP contribution is -2.43. The number of rotatable bonds is 6. The molecule has 1 atom stereocenters. The molecule has 0 aromatic heterocycles. The largest absolute Gasteiger partial charge is 0.508 e. The first-order valence-electron chi connectivity index (χ1n) is 6.65. The van der Waals surface area contributed by atoms with E-state index in [9.17, 15) is 20.1 Å². The fraction of sp³-hybridized carbons (Fsp3) is 0.133. The summed E-state index contributed by atoms with van der Waals surface area (Å²) in [4.78, 5) is 11.5. The van der Waals surface area contributed by atoms with Gasteiger partial charge in [0.2, 0.25) is 0 Å². The number of hydrogen-bond donors (Lipinski definition) is 5. The Morgan fingerprint density at radius 2 is 1.65 bits per heavy atom. The standard InChI is InChI=1S/C15H16N2O6/c18-10-3-1-5-12(7-10)22-14(20)16-9-17-15(21)23-13-6-2-4-11(19)8-13/h1-8,14,16,18-20H,9H2,(H,17,21). The summed E-state index contributed by atoms with van der Waals surface area (Å²) in [6, 6.07) is 11.7. The van der Waals surface area contributed by atoms with E-state index in [1.165, 1.54) is 36.4 Å². The van der Waals surface area contributed by atoms with E-state index in [1.54, 1.807) is 12.1 Å². The van der Waals surface area contributed by atoms with Crippen molar-refractivity contribution < 1.29 is 29.6 Å². The van der Waals surface area contributed by atoms with Crippen LogP contribution in [0.3, 0.4) is 0 Å². The van der Waals surface area contributed by atoms with Crippen LogP contribution in [0, 0.1) is 0 Å². The molecule has 0 bridgehead atoms. The third-order valence-electron chi connectivity index (χ3n) is 2.60. The maximum Gasteiger partial charge on any atom is 0.413 e. The fourth-order valence-electron chi connectivity index (χ4n) is 1.63. The Morgan fingerprint density at radius 1 is 1.04 bits per heavy atom. The lowest BCUT2D eigenvalue weighted by Gasteiger charge is -2.15. The summed E-state index contributed by atoms with van der Waals surface area (Å²) in [7, 11) is 0. The summed E-state index contributed by atoms with van der Waals surface area (Å²) in [5.74, 6) is 0.414.